The summed E-state index contributed by atoms with van der Waals surface area (Å²) in [4.78, 5) is 6.92. The minimum absolute atomic E-state index is 0.566. The van der Waals surface area contributed by atoms with E-state index in [1.54, 1.807) is 0 Å². The van der Waals surface area contributed by atoms with Gasteiger partial charge in [0.1, 0.15) is 5.52 Å². The van der Waals surface area contributed by atoms with Gasteiger partial charge in [0.05, 0.1) is 0 Å². The number of rotatable bonds is 5. The van der Waals surface area contributed by atoms with Crippen molar-refractivity contribution in [1.82, 2.24) is 20.1 Å². The zero-order valence-corrected chi connectivity index (χ0v) is 14.9. The fourth-order valence-electron chi connectivity index (χ4n) is 3.49. The van der Waals surface area contributed by atoms with Crippen LogP contribution in [0.5, 0.6) is 0 Å². The van der Waals surface area contributed by atoms with Crippen LogP contribution in [0.15, 0.2) is 34.9 Å². The highest BCUT2D eigenvalue weighted by Gasteiger charge is 2.22. The van der Waals surface area contributed by atoms with E-state index in [1.165, 1.54) is 11.3 Å². The number of piperidine rings is 1. The Kier molecular flexibility index (Phi) is 4.44. The van der Waals surface area contributed by atoms with Crippen LogP contribution in [0, 0.1) is 6.92 Å². The highest BCUT2D eigenvalue weighted by molar-refractivity contribution is 5.75. The van der Waals surface area contributed by atoms with E-state index >= 15 is 0 Å². The topological polar surface area (TPSA) is 59.1 Å². The van der Waals surface area contributed by atoms with Crippen LogP contribution in [0.1, 0.15) is 24.1 Å². The summed E-state index contributed by atoms with van der Waals surface area (Å²) in [5.74, 6) is 0. The van der Waals surface area contributed by atoms with Crippen LogP contribution in [-0.4, -0.2) is 40.4 Å². The van der Waals surface area contributed by atoms with Gasteiger partial charge in [0.2, 0.25) is 0 Å². The van der Waals surface area contributed by atoms with Crippen LogP contribution in [-0.2, 0) is 13.5 Å². The predicted octanol–water partition coefficient (Wildman–Crippen LogP) is 2.67. The molecule has 6 nitrogen and oxygen atoms in total. The highest BCUT2D eigenvalue weighted by atomic mass is 16.4. The normalized spacial score (nSPS) is 16.0. The Bertz CT molecular complexity index is 844. The third kappa shape index (κ3) is 3.54. The van der Waals surface area contributed by atoms with Gasteiger partial charge < -0.3 is 14.6 Å². The second kappa shape index (κ2) is 6.88. The maximum atomic E-state index is 5.93. The van der Waals surface area contributed by atoms with Crippen molar-refractivity contribution in [2.45, 2.75) is 32.2 Å². The Labute approximate surface area is 147 Å². The van der Waals surface area contributed by atoms with Gasteiger partial charge in [-0.2, -0.15) is 10.1 Å². The molecular formula is C19H25N5O. The maximum absolute atomic E-state index is 5.93. The molecule has 0 radical (unpaired) electrons. The van der Waals surface area contributed by atoms with E-state index in [9.17, 15) is 0 Å². The van der Waals surface area contributed by atoms with Crippen LogP contribution >= 0.6 is 0 Å². The smallest absolute Gasteiger partial charge is 0.298 e. The summed E-state index contributed by atoms with van der Waals surface area (Å²) in [6, 6.07) is 9.56. The van der Waals surface area contributed by atoms with E-state index in [0.29, 0.717) is 6.04 Å². The summed E-state index contributed by atoms with van der Waals surface area (Å²) in [5.41, 5.74) is 4.30. The molecule has 3 aromatic rings. The molecule has 0 bridgehead atoms. The van der Waals surface area contributed by atoms with Gasteiger partial charge in [0, 0.05) is 51.0 Å². The fraction of sp³-hybridized carbons (Fsp3) is 0.474. The summed E-state index contributed by atoms with van der Waals surface area (Å²) in [6.07, 6.45) is 5.10. The van der Waals surface area contributed by atoms with Gasteiger partial charge in [-0.3, -0.25) is 4.68 Å². The van der Waals surface area contributed by atoms with Gasteiger partial charge in [0.15, 0.2) is 5.58 Å². The summed E-state index contributed by atoms with van der Waals surface area (Å²) < 4.78 is 7.87. The molecule has 1 N–H and O–H groups in total. The minimum Gasteiger partial charge on any atom is -0.423 e. The van der Waals surface area contributed by atoms with E-state index < -0.39 is 0 Å². The van der Waals surface area contributed by atoms with E-state index in [2.05, 4.69) is 45.4 Å². The summed E-state index contributed by atoms with van der Waals surface area (Å²) in [5, 5.41) is 7.89. The van der Waals surface area contributed by atoms with Crippen molar-refractivity contribution in [2.75, 3.05) is 24.5 Å². The van der Waals surface area contributed by atoms with Crippen LogP contribution in [0.2, 0.25) is 0 Å². The molecule has 1 aliphatic heterocycles. The van der Waals surface area contributed by atoms with Crippen LogP contribution < -0.4 is 10.2 Å². The molecule has 0 saturated carbocycles. The number of aryl methyl sites for hydroxylation is 2. The molecule has 1 saturated heterocycles. The molecule has 132 valence electrons. The number of hydrogen-bond acceptors (Lipinski definition) is 5. The summed E-state index contributed by atoms with van der Waals surface area (Å²) >= 11 is 0. The number of nitrogens with zero attached hydrogens (tertiary/aromatic N) is 4. The molecule has 4 rings (SSSR count). The third-order valence-corrected chi connectivity index (χ3v) is 5.03. The number of anilines is 1. The average Bonchev–Trinajstić information content (AvgIpc) is 3.21. The molecule has 0 unspecified atom stereocenters. The van der Waals surface area contributed by atoms with E-state index in [4.69, 9.17) is 4.42 Å². The van der Waals surface area contributed by atoms with Crippen LogP contribution in [0.4, 0.5) is 6.01 Å². The molecule has 0 amide bonds. The first-order valence-electron chi connectivity index (χ1n) is 9.01. The van der Waals surface area contributed by atoms with E-state index in [-0.39, 0.29) is 0 Å². The lowest BCUT2D eigenvalue weighted by atomic mass is 10.1. The highest BCUT2D eigenvalue weighted by Crippen LogP contribution is 2.25. The number of aromatic nitrogens is 3. The first-order valence-corrected chi connectivity index (χ1v) is 9.01. The SMILES string of the molecule is Cc1ccc2oc(N3CCC(NCCc4ccnn4C)CC3)nc2c1. The molecule has 0 atom stereocenters. The number of benzene rings is 1. The second-order valence-corrected chi connectivity index (χ2v) is 6.88. The van der Waals surface area contributed by atoms with E-state index in [0.717, 1.165) is 56.0 Å². The fourth-order valence-corrected chi connectivity index (χ4v) is 3.49. The Morgan fingerprint density at radius 3 is 2.84 bits per heavy atom. The van der Waals surface area contributed by atoms with Gasteiger partial charge in [-0.15, -0.1) is 0 Å². The zero-order valence-electron chi connectivity index (χ0n) is 14.9. The molecule has 1 aliphatic rings. The van der Waals surface area contributed by atoms with Gasteiger partial charge in [0.25, 0.3) is 6.01 Å². The van der Waals surface area contributed by atoms with Gasteiger partial charge >= 0.3 is 0 Å². The number of hydrogen-bond donors (Lipinski definition) is 1. The lowest BCUT2D eigenvalue weighted by Gasteiger charge is -2.31. The van der Waals surface area contributed by atoms with Crippen molar-refractivity contribution in [1.29, 1.82) is 0 Å². The van der Waals surface area contributed by atoms with Gasteiger partial charge in [-0.05, 0) is 43.5 Å². The van der Waals surface area contributed by atoms with Gasteiger partial charge in [-0.25, -0.2) is 0 Å². The Balaban J connectivity index is 1.29. The first kappa shape index (κ1) is 16.1. The predicted molar refractivity (Wildman–Crippen MR) is 98.9 cm³/mol. The molecule has 0 aliphatic carbocycles. The standard InChI is InChI=1S/C19H25N5O/c1-14-3-4-18-17(13-14)22-19(25-18)24-11-7-15(8-12-24)20-9-5-16-6-10-21-23(16)2/h3-4,6,10,13,15,20H,5,7-9,11-12H2,1-2H3. The average molecular weight is 339 g/mol. The van der Waals surface area contributed by atoms with Crippen LogP contribution in [0.25, 0.3) is 11.1 Å². The molecular weight excluding hydrogens is 314 g/mol. The summed E-state index contributed by atoms with van der Waals surface area (Å²) in [6.45, 7) is 5.03. The van der Waals surface area contributed by atoms with Crippen molar-refractivity contribution < 1.29 is 4.42 Å². The zero-order chi connectivity index (χ0) is 17.2. The second-order valence-electron chi connectivity index (χ2n) is 6.88. The van der Waals surface area contributed by atoms with E-state index in [1.807, 2.05) is 24.0 Å². The van der Waals surface area contributed by atoms with Crippen molar-refractivity contribution in [3.05, 3.63) is 41.7 Å². The molecule has 0 spiro atoms. The number of fused-ring (bicyclic) bond motifs is 1. The first-order chi connectivity index (χ1) is 12.2. The molecule has 2 aromatic heterocycles. The lowest BCUT2D eigenvalue weighted by molar-refractivity contribution is 0.401. The Morgan fingerprint density at radius 2 is 2.08 bits per heavy atom. The molecule has 6 heteroatoms. The number of nitrogens with one attached hydrogen (secondary N) is 1. The Morgan fingerprint density at radius 1 is 1.24 bits per heavy atom. The van der Waals surface area contributed by atoms with Crippen molar-refractivity contribution in [3.63, 3.8) is 0 Å². The lowest BCUT2D eigenvalue weighted by Crippen LogP contribution is -2.43. The molecule has 3 heterocycles. The largest absolute Gasteiger partial charge is 0.423 e. The quantitative estimate of drug-likeness (QED) is 0.774. The van der Waals surface area contributed by atoms with Gasteiger partial charge in [-0.1, -0.05) is 6.07 Å². The number of oxazole rings is 1. The van der Waals surface area contributed by atoms with Crippen LogP contribution in [0.3, 0.4) is 0 Å². The van der Waals surface area contributed by atoms with Crippen molar-refractivity contribution in [2.24, 2.45) is 7.05 Å². The molecule has 1 fully saturated rings. The van der Waals surface area contributed by atoms with Crippen molar-refractivity contribution in [3.8, 4) is 0 Å². The minimum atomic E-state index is 0.566. The third-order valence-electron chi connectivity index (χ3n) is 5.03. The molecule has 1 aromatic carbocycles. The maximum Gasteiger partial charge on any atom is 0.298 e. The monoisotopic (exact) mass is 339 g/mol. The summed E-state index contributed by atoms with van der Waals surface area (Å²) in [7, 11) is 2.00. The van der Waals surface area contributed by atoms with Crippen molar-refractivity contribution >= 4 is 17.1 Å². The molecule has 25 heavy (non-hydrogen) atoms. The Hall–Kier alpha value is -2.34.